The Hall–Kier alpha value is -1.98. The molecule has 2 bridgehead atoms. The Bertz CT molecular complexity index is 878. The molecular formula is C20H22N4S. The topological polar surface area (TPSA) is 41.1 Å². The van der Waals surface area contributed by atoms with Gasteiger partial charge in [0.05, 0.1) is 5.69 Å². The number of anilines is 1. The molecule has 3 aliphatic heterocycles. The molecule has 5 heterocycles. The predicted octanol–water partition coefficient (Wildman–Crippen LogP) is 4.25. The van der Waals surface area contributed by atoms with Crippen molar-refractivity contribution in [2.45, 2.75) is 31.8 Å². The first kappa shape index (κ1) is 15.3. The Morgan fingerprint density at radius 2 is 1.92 bits per heavy atom. The van der Waals surface area contributed by atoms with Crippen LogP contribution in [0, 0.1) is 5.92 Å². The number of hydrogen-bond donors (Lipinski definition) is 1. The molecule has 0 radical (unpaired) electrons. The van der Waals surface area contributed by atoms with Gasteiger partial charge in [-0.1, -0.05) is 18.2 Å². The van der Waals surface area contributed by atoms with E-state index in [1.807, 2.05) is 0 Å². The van der Waals surface area contributed by atoms with E-state index in [-0.39, 0.29) is 0 Å². The molecule has 2 aromatic heterocycles. The fourth-order valence-electron chi connectivity index (χ4n) is 4.45. The van der Waals surface area contributed by atoms with E-state index in [1.54, 1.807) is 11.3 Å². The van der Waals surface area contributed by atoms with Crippen LogP contribution in [0.1, 0.15) is 19.8 Å². The van der Waals surface area contributed by atoms with Gasteiger partial charge in [-0.3, -0.25) is 4.90 Å². The molecule has 2 unspecified atom stereocenters. The second-order valence-electron chi connectivity index (χ2n) is 7.23. The highest BCUT2D eigenvalue weighted by molar-refractivity contribution is 7.17. The largest absolute Gasteiger partial charge is 0.364 e. The number of hydrogen-bond acceptors (Lipinski definition) is 5. The van der Waals surface area contributed by atoms with E-state index in [0.717, 1.165) is 17.4 Å². The second kappa shape index (κ2) is 6.07. The molecule has 0 saturated carbocycles. The molecule has 5 heteroatoms. The zero-order valence-corrected chi connectivity index (χ0v) is 15.2. The van der Waals surface area contributed by atoms with Gasteiger partial charge >= 0.3 is 0 Å². The van der Waals surface area contributed by atoms with Crippen LogP contribution >= 0.6 is 11.3 Å². The number of piperidine rings is 3. The lowest BCUT2D eigenvalue weighted by Gasteiger charge is -2.50. The van der Waals surface area contributed by atoms with Gasteiger partial charge in [0.25, 0.3) is 0 Å². The van der Waals surface area contributed by atoms with Crippen molar-refractivity contribution in [1.82, 2.24) is 15.1 Å². The molecule has 25 heavy (non-hydrogen) atoms. The zero-order chi connectivity index (χ0) is 16.8. The highest BCUT2D eigenvalue weighted by atomic mass is 32.1. The molecule has 3 aromatic rings. The van der Waals surface area contributed by atoms with Gasteiger partial charge in [0, 0.05) is 33.1 Å². The minimum Gasteiger partial charge on any atom is -0.364 e. The average Bonchev–Trinajstić information content (AvgIpc) is 3.10. The Morgan fingerprint density at radius 3 is 2.68 bits per heavy atom. The summed E-state index contributed by atoms with van der Waals surface area (Å²) in [6.07, 6.45) is 2.60. The van der Waals surface area contributed by atoms with E-state index in [0.29, 0.717) is 12.1 Å². The quantitative estimate of drug-likeness (QED) is 0.766. The molecule has 3 saturated heterocycles. The SMILES string of the molecule is CC1C(Nc2ccc(-c3csc4ccccc34)nn2)C2CCN1CC2. The number of benzene rings is 1. The first-order valence-corrected chi connectivity index (χ1v) is 9.98. The predicted molar refractivity (Wildman–Crippen MR) is 104 cm³/mol. The standard InChI is InChI=1S/C20H22N4S/c1-13-20(14-8-10-24(13)11-9-14)21-19-7-6-17(22-23-19)16-12-25-18-5-3-2-4-15(16)18/h2-7,12-14,20H,8-11H2,1H3,(H,21,23). The van der Waals surface area contributed by atoms with Crippen LogP contribution in [0.4, 0.5) is 5.82 Å². The van der Waals surface area contributed by atoms with Crippen LogP contribution in [-0.2, 0) is 0 Å². The monoisotopic (exact) mass is 350 g/mol. The van der Waals surface area contributed by atoms with Crippen molar-refractivity contribution >= 4 is 27.2 Å². The first-order chi connectivity index (χ1) is 12.3. The lowest BCUT2D eigenvalue weighted by atomic mass is 9.79. The Balaban J connectivity index is 1.39. The molecule has 0 spiro atoms. The molecule has 6 rings (SSSR count). The summed E-state index contributed by atoms with van der Waals surface area (Å²) < 4.78 is 1.29. The lowest BCUT2D eigenvalue weighted by molar-refractivity contribution is 0.0457. The van der Waals surface area contributed by atoms with E-state index >= 15 is 0 Å². The number of fused-ring (bicyclic) bond motifs is 4. The van der Waals surface area contributed by atoms with Crippen molar-refractivity contribution in [1.29, 1.82) is 0 Å². The molecule has 3 fully saturated rings. The van der Waals surface area contributed by atoms with Crippen molar-refractivity contribution in [3.05, 3.63) is 41.8 Å². The van der Waals surface area contributed by atoms with Gasteiger partial charge in [0.15, 0.2) is 0 Å². The highest BCUT2D eigenvalue weighted by Gasteiger charge is 2.39. The third kappa shape index (κ3) is 2.62. The van der Waals surface area contributed by atoms with E-state index in [2.05, 4.69) is 69.1 Å². The van der Waals surface area contributed by atoms with Crippen LogP contribution in [-0.4, -0.2) is 40.3 Å². The first-order valence-electron chi connectivity index (χ1n) is 9.10. The van der Waals surface area contributed by atoms with Gasteiger partial charge in [0.2, 0.25) is 0 Å². The Labute approximate surface area is 151 Å². The van der Waals surface area contributed by atoms with E-state index in [4.69, 9.17) is 0 Å². The molecule has 128 valence electrons. The summed E-state index contributed by atoms with van der Waals surface area (Å²) in [5, 5.41) is 16.1. The Morgan fingerprint density at radius 1 is 1.08 bits per heavy atom. The summed E-state index contributed by atoms with van der Waals surface area (Å²) in [5.41, 5.74) is 2.13. The van der Waals surface area contributed by atoms with Gasteiger partial charge in [-0.05, 0) is 57.0 Å². The van der Waals surface area contributed by atoms with E-state index in [1.165, 1.54) is 41.6 Å². The van der Waals surface area contributed by atoms with Gasteiger partial charge in [-0.2, -0.15) is 0 Å². The van der Waals surface area contributed by atoms with Crippen molar-refractivity contribution in [3.8, 4) is 11.3 Å². The number of nitrogens with one attached hydrogen (secondary N) is 1. The van der Waals surface area contributed by atoms with Crippen LogP contribution in [0.25, 0.3) is 21.3 Å². The van der Waals surface area contributed by atoms with E-state index < -0.39 is 0 Å². The number of thiophene rings is 1. The van der Waals surface area contributed by atoms with E-state index in [9.17, 15) is 0 Å². The normalized spacial score (nSPS) is 28.4. The molecule has 1 aromatic carbocycles. The summed E-state index contributed by atoms with van der Waals surface area (Å²) in [6, 6.07) is 13.7. The summed E-state index contributed by atoms with van der Waals surface area (Å²) in [5.74, 6) is 1.66. The average molecular weight is 350 g/mol. The maximum Gasteiger partial charge on any atom is 0.148 e. The number of rotatable bonds is 3. The summed E-state index contributed by atoms with van der Waals surface area (Å²) in [6.45, 7) is 4.84. The van der Waals surface area contributed by atoms with Crippen molar-refractivity contribution in [2.24, 2.45) is 5.92 Å². The fraction of sp³-hybridized carbons (Fsp3) is 0.400. The molecule has 0 aliphatic carbocycles. The van der Waals surface area contributed by atoms with Gasteiger partial charge in [-0.15, -0.1) is 21.5 Å². The molecule has 4 nitrogen and oxygen atoms in total. The lowest BCUT2D eigenvalue weighted by Crippen LogP contribution is -2.59. The zero-order valence-electron chi connectivity index (χ0n) is 14.4. The van der Waals surface area contributed by atoms with Gasteiger partial charge in [0.1, 0.15) is 5.82 Å². The van der Waals surface area contributed by atoms with Crippen LogP contribution in [0.5, 0.6) is 0 Å². The van der Waals surface area contributed by atoms with Crippen LogP contribution in [0.2, 0.25) is 0 Å². The van der Waals surface area contributed by atoms with Gasteiger partial charge < -0.3 is 5.32 Å². The molecule has 2 atom stereocenters. The molecule has 3 aliphatic rings. The minimum atomic E-state index is 0.490. The molecular weight excluding hydrogens is 328 g/mol. The number of nitrogens with zero attached hydrogens (tertiary/aromatic N) is 3. The number of aromatic nitrogens is 2. The van der Waals surface area contributed by atoms with Gasteiger partial charge in [-0.25, -0.2) is 0 Å². The highest BCUT2D eigenvalue weighted by Crippen LogP contribution is 2.35. The smallest absolute Gasteiger partial charge is 0.148 e. The maximum absolute atomic E-state index is 4.50. The third-order valence-electron chi connectivity index (χ3n) is 5.91. The molecule has 0 amide bonds. The third-order valence-corrected chi connectivity index (χ3v) is 6.88. The van der Waals surface area contributed by atoms with Crippen molar-refractivity contribution in [2.75, 3.05) is 18.4 Å². The molecule has 1 N–H and O–H groups in total. The summed E-state index contributed by atoms with van der Waals surface area (Å²) in [4.78, 5) is 2.59. The Kier molecular flexibility index (Phi) is 3.71. The maximum atomic E-state index is 4.50. The summed E-state index contributed by atoms with van der Waals surface area (Å²) >= 11 is 1.76. The van der Waals surface area contributed by atoms with Crippen LogP contribution in [0.15, 0.2) is 41.8 Å². The van der Waals surface area contributed by atoms with Crippen molar-refractivity contribution < 1.29 is 0 Å². The van der Waals surface area contributed by atoms with Crippen molar-refractivity contribution in [3.63, 3.8) is 0 Å². The van der Waals surface area contributed by atoms with Crippen LogP contribution < -0.4 is 5.32 Å². The fourth-order valence-corrected chi connectivity index (χ4v) is 5.40. The summed E-state index contributed by atoms with van der Waals surface area (Å²) in [7, 11) is 0. The minimum absolute atomic E-state index is 0.490. The second-order valence-corrected chi connectivity index (χ2v) is 8.14. The van der Waals surface area contributed by atoms with Crippen LogP contribution in [0.3, 0.4) is 0 Å².